The van der Waals surface area contributed by atoms with Gasteiger partial charge in [0.15, 0.2) is 11.6 Å². The van der Waals surface area contributed by atoms with Crippen molar-refractivity contribution in [1.29, 1.82) is 0 Å². The number of halogens is 1. The van der Waals surface area contributed by atoms with E-state index in [1.54, 1.807) is 4.68 Å². The van der Waals surface area contributed by atoms with Crippen LogP contribution in [0.1, 0.15) is 35.5 Å². The number of alkyl halides is 1. The summed E-state index contributed by atoms with van der Waals surface area (Å²) in [6, 6.07) is 1.89. The van der Waals surface area contributed by atoms with Crippen LogP contribution in [0, 0.1) is 26.7 Å². The first kappa shape index (κ1) is 14.1. The first-order valence-electron chi connectivity index (χ1n) is 6.84. The molecule has 0 aromatic carbocycles. The molecule has 3 rings (SSSR count). The van der Waals surface area contributed by atoms with Crippen molar-refractivity contribution in [3.05, 3.63) is 29.2 Å². The zero-order valence-electron chi connectivity index (χ0n) is 12.2. The standard InChI is InChI=1S/C14H16ClN5O/c1-7-17-12(10-4-11(10)13(21)6-15)5-14(18-7)20-9(3)16-8(2)19-20/h5,10-11H,4,6H2,1-3H3/t10-,11-/m0/s1. The second-order valence-electron chi connectivity index (χ2n) is 5.36. The first-order valence-corrected chi connectivity index (χ1v) is 7.38. The highest BCUT2D eigenvalue weighted by molar-refractivity contribution is 6.28. The number of hydrogen-bond acceptors (Lipinski definition) is 5. The van der Waals surface area contributed by atoms with Gasteiger partial charge >= 0.3 is 0 Å². The largest absolute Gasteiger partial charge is 0.298 e. The van der Waals surface area contributed by atoms with Crippen LogP contribution in [0.15, 0.2) is 6.07 Å². The van der Waals surface area contributed by atoms with E-state index in [2.05, 4.69) is 20.1 Å². The Morgan fingerprint density at radius 2 is 2.05 bits per heavy atom. The summed E-state index contributed by atoms with van der Waals surface area (Å²) in [4.78, 5) is 24.8. The number of aromatic nitrogens is 5. The zero-order valence-corrected chi connectivity index (χ0v) is 12.9. The van der Waals surface area contributed by atoms with E-state index in [9.17, 15) is 4.79 Å². The molecule has 1 saturated carbocycles. The SMILES string of the molecule is Cc1nc([C@H]2C[C@@H]2C(=O)CCl)cc(-n2nc(C)nc2C)n1. The van der Waals surface area contributed by atoms with Gasteiger partial charge in [-0.05, 0) is 27.2 Å². The molecule has 6 nitrogen and oxygen atoms in total. The van der Waals surface area contributed by atoms with Gasteiger partial charge in [-0.25, -0.2) is 15.0 Å². The molecule has 0 N–H and O–H groups in total. The van der Waals surface area contributed by atoms with E-state index in [4.69, 9.17) is 11.6 Å². The molecule has 7 heteroatoms. The van der Waals surface area contributed by atoms with Crippen LogP contribution in [-0.2, 0) is 4.79 Å². The maximum Gasteiger partial charge on any atom is 0.159 e. The topological polar surface area (TPSA) is 73.6 Å². The molecule has 0 aliphatic heterocycles. The molecule has 0 bridgehead atoms. The lowest BCUT2D eigenvalue weighted by molar-refractivity contribution is -0.117. The van der Waals surface area contributed by atoms with Crippen LogP contribution < -0.4 is 0 Å². The lowest BCUT2D eigenvalue weighted by Gasteiger charge is -2.06. The van der Waals surface area contributed by atoms with Gasteiger partial charge in [-0.3, -0.25) is 4.79 Å². The minimum atomic E-state index is 0.00299. The predicted molar refractivity (Wildman–Crippen MR) is 77.7 cm³/mol. The molecule has 2 aromatic rings. The van der Waals surface area contributed by atoms with Crippen molar-refractivity contribution in [2.75, 3.05) is 5.88 Å². The third-order valence-corrected chi connectivity index (χ3v) is 3.92. The molecule has 110 valence electrons. The summed E-state index contributed by atoms with van der Waals surface area (Å²) in [6.45, 7) is 5.56. The van der Waals surface area contributed by atoms with Gasteiger partial charge in [0.05, 0.1) is 11.6 Å². The molecular weight excluding hydrogens is 290 g/mol. The van der Waals surface area contributed by atoms with Gasteiger partial charge in [0.25, 0.3) is 0 Å². The van der Waals surface area contributed by atoms with Gasteiger partial charge in [-0.1, -0.05) is 0 Å². The van der Waals surface area contributed by atoms with Crippen molar-refractivity contribution in [1.82, 2.24) is 24.7 Å². The first-order chi connectivity index (χ1) is 9.99. The zero-order chi connectivity index (χ0) is 15.1. The number of ketones is 1. The Hall–Kier alpha value is -1.82. The number of Topliss-reactive ketones (excluding diaryl/α,β-unsaturated/α-hetero) is 1. The van der Waals surface area contributed by atoms with E-state index in [1.165, 1.54) is 0 Å². The highest BCUT2D eigenvalue weighted by atomic mass is 35.5. The van der Waals surface area contributed by atoms with Gasteiger partial charge in [0, 0.05) is 17.9 Å². The van der Waals surface area contributed by atoms with Crippen LogP contribution in [0.3, 0.4) is 0 Å². The van der Waals surface area contributed by atoms with Crippen LogP contribution in [0.4, 0.5) is 0 Å². The van der Waals surface area contributed by atoms with Crippen LogP contribution in [0.2, 0.25) is 0 Å². The van der Waals surface area contributed by atoms with E-state index in [0.717, 1.165) is 17.9 Å². The van der Waals surface area contributed by atoms with Crippen molar-refractivity contribution < 1.29 is 4.79 Å². The van der Waals surface area contributed by atoms with Crippen molar-refractivity contribution in [2.45, 2.75) is 33.1 Å². The number of rotatable bonds is 4. The average Bonchev–Trinajstić information content (AvgIpc) is 3.17. The number of hydrogen-bond donors (Lipinski definition) is 0. The highest BCUT2D eigenvalue weighted by Crippen LogP contribution is 2.47. The molecular formula is C14H16ClN5O. The van der Waals surface area contributed by atoms with E-state index < -0.39 is 0 Å². The molecule has 2 atom stereocenters. The Kier molecular flexibility index (Phi) is 3.49. The summed E-state index contributed by atoms with van der Waals surface area (Å²) in [5, 5.41) is 4.34. The van der Waals surface area contributed by atoms with E-state index in [0.29, 0.717) is 17.5 Å². The van der Waals surface area contributed by atoms with E-state index >= 15 is 0 Å². The normalized spacial score (nSPS) is 20.6. The summed E-state index contributed by atoms with van der Waals surface area (Å²) in [5.41, 5.74) is 0.883. The quantitative estimate of drug-likeness (QED) is 0.807. The molecule has 2 aromatic heterocycles. The molecule has 1 aliphatic carbocycles. The molecule has 0 spiro atoms. The summed E-state index contributed by atoms with van der Waals surface area (Å²) in [7, 11) is 0. The molecule has 2 heterocycles. The molecule has 1 fully saturated rings. The Bertz CT molecular complexity index is 711. The summed E-state index contributed by atoms with van der Waals surface area (Å²) >= 11 is 5.62. The van der Waals surface area contributed by atoms with Crippen LogP contribution in [0.5, 0.6) is 0 Å². The Labute approximate surface area is 127 Å². The Balaban J connectivity index is 1.95. The van der Waals surface area contributed by atoms with Crippen LogP contribution in [0.25, 0.3) is 5.82 Å². The van der Waals surface area contributed by atoms with Gasteiger partial charge in [-0.15, -0.1) is 16.7 Å². The maximum absolute atomic E-state index is 11.7. The van der Waals surface area contributed by atoms with Gasteiger partial charge in [0.1, 0.15) is 17.5 Å². The van der Waals surface area contributed by atoms with Crippen molar-refractivity contribution in [3.8, 4) is 5.82 Å². The van der Waals surface area contributed by atoms with Crippen LogP contribution in [-0.4, -0.2) is 36.4 Å². The number of aryl methyl sites for hydroxylation is 3. The molecule has 0 amide bonds. The fourth-order valence-electron chi connectivity index (χ4n) is 2.59. The van der Waals surface area contributed by atoms with E-state index in [1.807, 2.05) is 26.8 Å². The fourth-order valence-corrected chi connectivity index (χ4v) is 2.79. The van der Waals surface area contributed by atoms with Crippen molar-refractivity contribution in [3.63, 3.8) is 0 Å². The van der Waals surface area contributed by atoms with E-state index in [-0.39, 0.29) is 23.5 Å². The third-order valence-electron chi connectivity index (χ3n) is 3.65. The lowest BCUT2D eigenvalue weighted by Crippen LogP contribution is -2.08. The van der Waals surface area contributed by atoms with Crippen molar-refractivity contribution in [2.24, 2.45) is 5.92 Å². The van der Waals surface area contributed by atoms with Gasteiger partial charge < -0.3 is 0 Å². The smallest absolute Gasteiger partial charge is 0.159 e. The summed E-state index contributed by atoms with van der Waals surface area (Å²) in [5.74, 6) is 3.16. The van der Waals surface area contributed by atoms with Gasteiger partial charge in [0.2, 0.25) is 0 Å². The highest BCUT2D eigenvalue weighted by Gasteiger charge is 2.44. The lowest BCUT2D eigenvalue weighted by atomic mass is 10.2. The minimum absolute atomic E-state index is 0.00299. The van der Waals surface area contributed by atoms with Crippen molar-refractivity contribution >= 4 is 17.4 Å². The summed E-state index contributed by atoms with van der Waals surface area (Å²) in [6.07, 6.45) is 0.816. The fraction of sp³-hybridized carbons (Fsp3) is 0.500. The predicted octanol–water partition coefficient (Wildman–Crippen LogP) is 1.89. The third kappa shape index (κ3) is 2.68. The number of carbonyl (C=O) groups excluding carboxylic acids is 1. The van der Waals surface area contributed by atoms with Gasteiger partial charge in [-0.2, -0.15) is 4.68 Å². The molecule has 0 radical (unpaired) electrons. The second-order valence-corrected chi connectivity index (χ2v) is 5.63. The Morgan fingerprint density at radius 1 is 1.29 bits per heavy atom. The second kappa shape index (κ2) is 5.18. The average molecular weight is 306 g/mol. The maximum atomic E-state index is 11.7. The molecule has 0 saturated heterocycles. The number of nitrogens with zero attached hydrogens (tertiary/aromatic N) is 5. The monoisotopic (exact) mass is 305 g/mol. The molecule has 0 unspecified atom stereocenters. The summed E-state index contributed by atoms with van der Waals surface area (Å²) < 4.78 is 1.70. The van der Waals surface area contributed by atoms with Crippen LogP contribution >= 0.6 is 11.6 Å². The molecule has 1 aliphatic rings. The Morgan fingerprint density at radius 3 is 2.67 bits per heavy atom. The molecule has 21 heavy (non-hydrogen) atoms. The minimum Gasteiger partial charge on any atom is -0.298 e. The number of carbonyl (C=O) groups is 1.